The number of hydrogen-bond donors (Lipinski definition) is 2. The standard InChI is InChI=1S/2C13H10N2O.2C3H7NO.Cu/c2*16-12-8-4-1-5-9(12)13-14-10-6-2-3-7-11(10)15-13;2*1-4(2)3-5;/h2*1-8,16H,(H,14,15);2*3H,1-2H3;/q;;;;+2/p-2. The molecule has 0 spiro atoms. The molecule has 0 bridgehead atoms. The Morgan fingerprint density at radius 1 is 0.558 bits per heavy atom. The quantitative estimate of drug-likeness (QED) is 0.223. The van der Waals surface area contributed by atoms with Crippen LogP contribution in [0.2, 0.25) is 0 Å². The predicted octanol–water partition coefficient (Wildman–Crippen LogP) is 4.01. The average Bonchev–Trinajstić information content (AvgIpc) is 3.63. The third kappa shape index (κ3) is 10.0. The Labute approximate surface area is 260 Å². The molecule has 2 aromatic heterocycles. The maximum atomic E-state index is 11.6. The molecule has 6 aromatic rings. The van der Waals surface area contributed by atoms with Crippen LogP contribution in [0.15, 0.2) is 97.1 Å². The summed E-state index contributed by atoms with van der Waals surface area (Å²) in [7, 11) is 6.75. The zero-order valence-corrected chi connectivity index (χ0v) is 25.1. The molecule has 0 unspecified atom stereocenters. The predicted molar refractivity (Wildman–Crippen MR) is 161 cm³/mol. The van der Waals surface area contributed by atoms with E-state index in [-0.39, 0.29) is 28.6 Å². The fourth-order valence-corrected chi connectivity index (χ4v) is 3.49. The van der Waals surface area contributed by atoms with Crippen molar-refractivity contribution < 1.29 is 36.9 Å². The third-order valence-electron chi connectivity index (χ3n) is 5.48. The van der Waals surface area contributed by atoms with Crippen molar-refractivity contribution in [1.29, 1.82) is 0 Å². The van der Waals surface area contributed by atoms with Gasteiger partial charge in [0, 0.05) is 39.3 Å². The number of para-hydroxylation sites is 6. The minimum atomic E-state index is -0.0124. The van der Waals surface area contributed by atoms with Crippen molar-refractivity contribution in [2.24, 2.45) is 0 Å². The largest absolute Gasteiger partial charge is 2.00 e. The molecule has 10 nitrogen and oxygen atoms in total. The summed E-state index contributed by atoms with van der Waals surface area (Å²) in [6.45, 7) is 0. The first kappa shape index (κ1) is 34.1. The fourth-order valence-electron chi connectivity index (χ4n) is 3.49. The Kier molecular flexibility index (Phi) is 13.5. The van der Waals surface area contributed by atoms with Crippen LogP contribution in [0.5, 0.6) is 11.5 Å². The van der Waals surface area contributed by atoms with Gasteiger partial charge in [0.25, 0.3) is 0 Å². The molecule has 6 rings (SSSR count). The van der Waals surface area contributed by atoms with Crippen molar-refractivity contribution in [1.82, 2.24) is 29.7 Å². The van der Waals surface area contributed by atoms with Crippen molar-refractivity contribution in [3.63, 3.8) is 0 Å². The molecule has 43 heavy (non-hydrogen) atoms. The van der Waals surface area contributed by atoms with Gasteiger partial charge in [-0.15, -0.1) is 0 Å². The monoisotopic (exact) mass is 627 g/mol. The summed E-state index contributed by atoms with van der Waals surface area (Å²) in [5, 5.41) is 23.3. The molecule has 1 radical (unpaired) electrons. The van der Waals surface area contributed by atoms with Gasteiger partial charge in [-0.3, -0.25) is 9.59 Å². The van der Waals surface area contributed by atoms with Gasteiger partial charge in [-0.05, 0) is 24.3 Å². The molecule has 0 aliphatic carbocycles. The summed E-state index contributed by atoms with van der Waals surface area (Å²) in [5.74, 6) is 1.24. The Balaban J connectivity index is 0.000000226. The smallest absolute Gasteiger partial charge is 0.872 e. The number of benzene rings is 4. The number of aromatic nitrogens is 4. The molecule has 2 heterocycles. The normalized spacial score (nSPS) is 9.58. The number of imidazole rings is 2. The second-order valence-corrected chi connectivity index (χ2v) is 9.34. The van der Waals surface area contributed by atoms with Crippen LogP contribution in [0.1, 0.15) is 0 Å². The second kappa shape index (κ2) is 17.0. The summed E-state index contributed by atoms with van der Waals surface area (Å²) in [6.07, 6.45) is 1.50. The summed E-state index contributed by atoms with van der Waals surface area (Å²) in [4.78, 5) is 36.8. The van der Waals surface area contributed by atoms with Gasteiger partial charge in [0.2, 0.25) is 12.8 Å². The first-order chi connectivity index (χ1) is 20.2. The molecule has 4 aromatic carbocycles. The summed E-state index contributed by atoms with van der Waals surface area (Å²) in [6, 6.07) is 29.2. The number of nitrogens with zero attached hydrogens (tertiary/aromatic N) is 4. The molecule has 0 saturated carbocycles. The number of carbonyl (C=O) groups is 2. The van der Waals surface area contributed by atoms with Gasteiger partial charge < -0.3 is 30.0 Å². The van der Waals surface area contributed by atoms with Crippen LogP contribution in [0.25, 0.3) is 44.8 Å². The van der Waals surface area contributed by atoms with Gasteiger partial charge in [-0.25, -0.2) is 9.97 Å². The first-order valence-electron chi connectivity index (χ1n) is 12.9. The van der Waals surface area contributed by atoms with Crippen LogP contribution >= 0.6 is 0 Å². The van der Waals surface area contributed by atoms with Crippen molar-refractivity contribution in [2.75, 3.05) is 28.2 Å². The number of fused-ring (bicyclic) bond motifs is 2. The number of rotatable bonds is 4. The van der Waals surface area contributed by atoms with Crippen LogP contribution in [0.4, 0.5) is 0 Å². The molecule has 11 heteroatoms. The Morgan fingerprint density at radius 2 is 0.860 bits per heavy atom. The van der Waals surface area contributed by atoms with E-state index in [9.17, 15) is 19.8 Å². The molecule has 2 amide bonds. The molecular formula is C32H32CuN6O4. The van der Waals surface area contributed by atoms with E-state index in [2.05, 4.69) is 19.9 Å². The van der Waals surface area contributed by atoms with Crippen LogP contribution < -0.4 is 10.2 Å². The number of aromatic amines is 2. The van der Waals surface area contributed by atoms with E-state index in [1.165, 1.54) is 9.80 Å². The van der Waals surface area contributed by atoms with E-state index in [1.807, 2.05) is 60.7 Å². The van der Waals surface area contributed by atoms with E-state index in [4.69, 9.17) is 0 Å². The van der Waals surface area contributed by atoms with Crippen molar-refractivity contribution >= 4 is 34.9 Å². The minimum absolute atomic E-state index is 0. The molecule has 0 fully saturated rings. The summed E-state index contributed by atoms with van der Waals surface area (Å²) < 4.78 is 0. The number of carbonyl (C=O) groups excluding carboxylic acids is 2. The Morgan fingerprint density at radius 3 is 1.16 bits per heavy atom. The molecule has 0 saturated heterocycles. The van der Waals surface area contributed by atoms with Gasteiger partial charge in [0.1, 0.15) is 11.6 Å². The van der Waals surface area contributed by atoms with Crippen molar-refractivity contribution in [3.8, 4) is 34.3 Å². The van der Waals surface area contributed by atoms with E-state index < -0.39 is 0 Å². The number of nitrogens with one attached hydrogen (secondary N) is 2. The van der Waals surface area contributed by atoms with E-state index in [1.54, 1.807) is 64.6 Å². The number of H-pyrrole nitrogens is 2. The third-order valence-corrected chi connectivity index (χ3v) is 5.48. The fraction of sp³-hybridized carbons (Fsp3) is 0.125. The van der Waals surface area contributed by atoms with Gasteiger partial charge in [0.15, 0.2) is 0 Å². The first-order valence-corrected chi connectivity index (χ1v) is 12.9. The molecule has 0 atom stereocenters. The van der Waals surface area contributed by atoms with E-state index >= 15 is 0 Å². The average molecular weight is 628 g/mol. The van der Waals surface area contributed by atoms with Crippen LogP contribution in [0.3, 0.4) is 0 Å². The maximum absolute atomic E-state index is 11.6. The van der Waals surface area contributed by atoms with Crippen LogP contribution in [-0.4, -0.2) is 70.7 Å². The zero-order chi connectivity index (χ0) is 30.5. The molecular weight excluding hydrogens is 596 g/mol. The topological polar surface area (TPSA) is 144 Å². The number of hydrogen-bond acceptors (Lipinski definition) is 6. The van der Waals surface area contributed by atoms with Crippen LogP contribution in [-0.2, 0) is 26.7 Å². The van der Waals surface area contributed by atoms with Crippen molar-refractivity contribution in [3.05, 3.63) is 97.1 Å². The van der Waals surface area contributed by atoms with Crippen molar-refractivity contribution in [2.45, 2.75) is 0 Å². The van der Waals surface area contributed by atoms with Gasteiger partial charge in [-0.1, -0.05) is 84.3 Å². The minimum Gasteiger partial charge on any atom is -0.872 e. The SMILES string of the molecule is CN(C)C=O.CN(C)C=O.[Cu+2].[O-]c1ccccc1-c1nc2ccccc2[nH]1.[O-]c1ccccc1-c1nc2ccccc2[nH]1. The maximum Gasteiger partial charge on any atom is 2.00 e. The Hall–Kier alpha value is -5.12. The second-order valence-electron chi connectivity index (χ2n) is 9.34. The molecule has 0 aliphatic heterocycles. The van der Waals surface area contributed by atoms with Gasteiger partial charge >= 0.3 is 17.1 Å². The molecule has 225 valence electrons. The summed E-state index contributed by atoms with van der Waals surface area (Å²) >= 11 is 0. The van der Waals surface area contributed by atoms with E-state index in [0.29, 0.717) is 22.8 Å². The van der Waals surface area contributed by atoms with E-state index in [0.717, 1.165) is 34.9 Å². The van der Waals surface area contributed by atoms with Gasteiger partial charge in [-0.2, -0.15) is 0 Å². The molecule has 2 N–H and O–H groups in total. The Bertz CT molecular complexity index is 1540. The molecule has 0 aliphatic rings. The number of amides is 2. The summed E-state index contributed by atoms with van der Waals surface area (Å²) in [5.41, 5.74) is 4.86. The van der Waals surface area contributed by atoms with Crippen LogP contribution in [0, 0.1) is 0 Å². The van der Waals surface area contributed by atoms with Gasteiger partial charge in [0.05, 0.1) is 22.1 Å². The zero-order valence-electron chi connectivity index (χ0n) is 24.1.